The molecule has 0 aliphatic rings. The Balaban J connectivity index is 1.57. The summed E-state index contributed by atoms with van der Waals surface area (Å²) in [6, 6.07) is 21.8. The van der Waals surface area contributed by atoms with E-state index >= 15 is 0 Å². The third-order valence-corrected chi connectivity index (χ3v) is 7.14. The number of fused-ring (bicyclic) bond motifs is 1. The van der Waals surface area contributed by atoms with Crippen LogP contribution >= 0.6 is 22.9 Å². The van der Waals surface area contributed by atoms with Crippen molar-refractivity contribution in [3.05, 3.63) is 105 Å². The monoisotopic (exact) mass is 487 g/mol. The van der Waals surface area contributed by atoms with Crippen LogP contribution in [0.25, 0.3) is 32.7 Å². The molecule has 2 N–H and O–H groups in total. The number of hydrogen-bond acceptors (Lipinski definition) is 4. The number of benzene rings is 3. The predicted molar refractivity (Wildman–Crippen MR) is 136 cm³/mol. The second kappa shape index (κ2) is 8.97. The first-order valence-electron chi connectivity index (χ1n) is 10.6. The molecule has 4 nitrogen and oxygen atoms in total. The Kier molecular flexibility index (Phi) is 5.86. The number of carbonyl (C=O) groups excluding carboxylic acids is 1. The first kappa shape index (κ1) is 22.2. The maximum absolute atomic E-state index is 13.9. The lowest BCUT2D eigenvalue weighted by Crippen LogP contribution is -2.16. The van der Waals surface area contributed by atoms with E-state index in [1.165, 1.54) is 12.1 Å². The standard InChI is InChI=1S/C27H19ClFN3OS/c1-15-12-16(8-10-21(15)28)23-11-9-20(34-23)14-18-5-3-7-22-24(18)32-25(26(31-22)27(30)33)17-4-2-6-19(29)13-17/h2-13H,14H2,1H3,(H2,30,33). The molecule has 0 radical (unpaired) electrons. The molecule has 3 aromatic carbocycles. The van der Waals surface area contributed by atoms with Crippen LogP contribution in [0.1, 0.15) is 26.5 Å². The van der Waals surface area contributed by atoms with Gasteiger partial charge in [0.15, 0.2) is 5.69 Å². The van der Waals surface area contributed by atoms with Crippen molar-refractivity contribution in [2.75, 3.05) is 0 Å². The van der Waals surface area contributed by atoms with Crippen molar-refractivity contribution in [1.29, 1.82) is 0 Å². The first-order valence-corrected chi connectivity index (χ1v) is 11.8. The predicted octanol–water partition coefficient (Wildman–Crippen LogP) is 6.82. The summed E-state index contributed by atoms with van der Waals surface area (Å²) in [7, 11) is 0. The zero-order valence-electron chi connectivity index (χ0n) is 18.2. The van der Waals surface area contributed by atoms with Gasteiger partial charge in [0.25, 0.3) is 5.91 Å². The fraction of sp³-hybridized carbons (Fsp3) is 0.0741. The summed E-state index contributed by atoms with van der Waals surface area (Å²) in [6.07, 6.45) is 0.641. The van der Waals surface area contributed by atoms with Crippen LogP contribution < -0.4 is 5.73 Å². The van der Waals surface area contributed by atoms with Gasteiger partial charge in [0.05, 0.1) is 11.0 Å². The highest BCUT2D eigenvalue weighted by Gasteiger charge is 2.18. The lowest BCUT2D eigenvalue weighted by Gasteiger charge is -2.10. The van der Waals surface area contributed by atoms with E-state index in [-0.39, 0.29) is 11.4 Å². The van der Waals surface area contributed by atoms with Gasteiger partial charge in [0, 0.05) is 26.8 Å². The van der Waals surface area contributed by atoms with Crippen LogP contribution in [-0.4, -0.2) is 15.9 Å². The topological polar surface area (TPSA) is 68.9 Å². The number of halogens is 2. The average Bonchev–Trinajstić information content (AvgIpc) is 3.29. The van der Waals surface area contributed by atoms with E-state index in [0.717, 1.165) is 31.5 Å². The fourth-order valence-electron chi connectivity index (χ4n) is 3.90. The molecule has 0 saturated heterocycles. The summed E-state index contributed by atoms with van der Waals surface area (Å²) in [6.45, 7) is 1.99. The van der Waals surface area contributed by atoms with Gasteiger partial charge in [0.2, 0.25) is 0 Å². The molecule has 0 unspecified atom stereocenters. The van der Waals surface area contributed by atoms with Gasteiger partial charge in [-0.05, 0) is 66.1 Å². The number of aromatic nitrogens is 2. The summed E-state index contributed by atoms with van der Waals surface area (Å²) < 4.78 is 13.9. The fourth-order valence-corrected chi connectivity index (χ4v) is 5.05. The Hall–Kier alpha value is -3.61. The highest BCUT2D eigenvalue weighted by atomic mass is 35.5. The number of hydrogen-bond donors (Lipinski definition) is 1. The molecule has 0 aliphatic heterocycles. The van der Waals surface area contributed by atoms with E-state index in [1.54, 1.807) is 29.5 Å². The molecule has 0 spiro atoms. The Bertz CT molecular complexity index is 1560. The minimum absolute atomic E-state index is 0.0202. The Morgan fingerprint density at radius 3 is 2.59 bits per heavy atom. The van der Waals surface area contributed by atoms with E-state index in [2.05, 4.69) is 23.2 Å². The van der Waals surface area contributed by atoms with Crippen molar-refractivity contribution in [2.45, 2.75) is 13.3 Å². The Morgan fingerprint density at radius 2 is 1.82 bits per heavy atom. The highest BCUT2D eigenvalue weighted by Crippen LogP contribution is 2.33. The summed E-state index contributed by atoms with van der Waals surface area (Å²) in [5, 5.41) is 0.749. The van der Waals surface area contributed by atoms with Gasteiger partial charge < -0.3 is 5.73 Å². The van der Waals surface area contributed by atoms with Crippen LogP contribution in [0.3, 0.4) is 0 Å². The third kappa shape index (κ3) is 4.30. The summed E-state index contributed by atoms with van der Waals surface area (Å²) in [5.74, 6) is -1.13. The number of carbonyl (C=O) groups is 1. The van der Waals surface area contributed by atoms with Gasteiger partial charge in [-0.3, -0.25) is 4.79 Å². The van der Waals surface area contributed by atoms with Crippen LogP contribution in [0, 0.1) is 12.7 Å². The smallest absolute Gasteiger partial charge is 0.269 e. The van der Waals surface area contributed by atoms with E-state index in [1.807, 2.05) is 31.2 Å². The van der Waals surface area contributed by atoms with Crippen molar-refractivity contribution in [1.82, 2.24) is 9.97 Å². The first-order chi connectivity index (χ1) is 16.4. The second-order valence-electron chi connectivity index (χ2n) is 7.99. The lowest BCUT2D eigenvalue weighted by molar-refractivity contribution is 0.0996. The summed E-state index contributed by atoms with van der Waals surface area (Å²) >= 11 is 7.87. The number of aryl methyl sites for hydroxylation is 1. The molecule has 7 heteroatoms. The van der Waals surface area contributed by atoms with Crippen LogP contribution in [0.5, 0.6) is 0 Å². The maximum atomic E-state index is 13.9. The van der Waals surface area contributed by atoms with Crippen molar-refractivity contribution in [3.8, 4) is 21.7 Å². The normalized spacial score (nSPS) is 11.1. The molecule has 0 bridgehead atoms. The van der Waals surface area contributed by atoms with Crippen molar-refractivity contribution < 1.29 is 9.18 Å². The molecule has 2 aromatic heterocycles. The molecule has 2 heterocycles. The van der Waals surface area contributed by atoms with Crippen LogP contribution in [0.2, 0.25) is 5.02 Å². The van der Waals surface area contributed by atoms with Gasteiger partial charge in [-0.2, -0.15) is 0 Å². The molecular weight excluding hydrogens is 469 g/mol. The number of amides is 1. The molecule has 0 saturated carbocycles. The van der Waals surface area contributed by atoms with Crippen molar-refractivity contribution >= 4 is 39.9 Å². The molecule has 5 aromatic rings. The maximum Gasteiger partial charge on any atom is 0.269 e. The average molecular weight is 488 g/mol. The molecule has 34 heavy (non-hydrogen) atoms. The molecule has 5 rings (SSSR count). The van der Waals surface area contributed by atoms with Gasteiger partial charge in [-0.25, -0.2) is 14.4 Å². The molecule has 1 amide bonds. The minimum Gasteiger partial charge on any atom is -0.364 e. The van der Waals surface area contributed by atoms with E-state index in [4.69, 9.17) is 22.3 Å². The van der Waals surface area contributed by atoms with Gasteiger partial charge >= 0.3 is 0 Å². The largest absolute Gasteiger partial charge is 0.364 e. The number of nitrogens with zero attached hydrogens (tertiary/aromatic N) is 2. The number of para-hydroxylation sites is 1. The molecule has 0 aliphatic carbocycles. The van der Waals surface area contributed by atoms with E-state index in [9.17, 15) is 9.18 Å². The van der Waals surface area contributed by atoms with E-state index < -0.39 is 11.7 Å². The highest BCUT2D eigenvalue weighted by molar-refractivity contribution is 7.15. The van der Waals surface area contributed by atoms with Gasteiger partial charge in [0.1, 0.15) is 11.5 Å². The van der Waals surface area contributed by atoms with Gasteiger partial charge in [-0.15, -0.1) is 11.3 Å². The SMILES string of the molecule is Cc1cc(-c2ccc(Cc3cccc4nc(C(N)=O)c(-c5cccc(F)c5)nc34)s2)ccc1Cl. The lowest BCUT2D eigenvalue weighted by atomic mass is 10.1. The molecular formula is C27H19ClFN3OS. The van der Waals surface area contributed by atoms with Crippen LogP contribution in [0.4, 0.5) is 4.39 Å². The number of thiophene rings is 1. The third-order valence-electron chi connectivity index (χ3n) is 5.58. The Labute approximate surface area is 204 Å². The van der Waals surface area contributed by atoms with Crippen LogP contribution in [-0.2, 0) is 6.42 Å². The van der Waals surface area contributed by atoms with E-state index in [0.29, 0.717) is 23.0 Å². The van der Waals surface area contributed by atoms with Crippen LogP contribution in [0.15, 0.2) is 72.8 Å². The molecule has 0 fully saturated rings. The molecule has 0 atom stereocenters. The number of nitrogens with two attached hydrogens (primary N) is 1. The van der Waals surface area contributed by atoms with Gasteiger partial charge in [-0.1, -0.05) is 41.9 Å². The van der Waals surface area contributed by atoms with Crippen molar-refractivity contribution in [2.24, 2.45) is 5.73 Å². The Morgan fingerprint density at radius 1 is 1.00 bits per heavy atom. The number of rotatable bonds is 5. The zero-order valence-corrected chi connectivity index (χ0v) is 19.8. The number of primary amides is 1. The zero-order chi connectivity index (χ0) is 23.8. The second-order valence-corrected chi connectivity index (χ2v) is 9.56. The van der Waals surface area contributed by atoms with Crippen molar-refractivity contribution in [3.63, 3.8) is 0 Å². The minimum atomic E-state index is -0.708. The quantitative estimate of drug-likeness (QED) is 0.296. The summed E-state index contributed by atoms with van der Waals surface area (Å²) in [5.41, 5.74) is 10.7. The molecule has 168 valence electrons. The summed E-state index contributed by atoms with van der Waals surface area (Å²) in [4.78, 5) is 23.6.